The Hall–Kier alpha value is -2.84. The first-order valence-corrected chi connectivity index (χ1v) is 7.26. The third-order valence-electron chi connectivity index (χ3n) is 2.99. The number of para-hydroxylation sites is 2. The first-order valence-electron chi connectivity index (χ1n) is 6.88. The second kappa shape index (κ2) is 7.97. The van der Waals surface area contributed by atoms with Crippen molar-refractivity contribution in [1.82, 2.24) is 0 Å². The summed E-state index contributed by atoms with van der Waals surface area (Å²) in [5, 5.41) is 14.5. The lowest BCUT2D eigenvalue weighted by molar-refractivity contribution is -0.116. The largest absolute Gasteiger partial charge is 0.324 e. The molecule has 0 aliphatic carbocycles. The lowest BCUT2D eigenvalue weighted by Crippen LogP contribution is -2.17. The van der Waals surface area contributed by atoms with Crippen molar-refractivity contribution in [2.75, 3.05) is 10.6 Å². The number of nitrogens with zero attached hydrogens (tertiary/aromatic N) is 1. The SMILES string of the molecule is N#CCC(=O)Nc1ccccc1NC(=O)Cc1ccc(Cl)cc1. The monoisotopic (exact) mass is 327 g/mol. The molecular formula is C17H14ClN3O2. The minimum atomic E-state index is -0.424. The standard InChI is InChI=1S/C17H14ClN3O2/c18-13-7-5-12(6-8-13)11-17(23)21-15-4-2-1-3-14(15)20-16(22)9-10-19/h1-8H,9,11H2,(H,20,22)(H,21,23). The van der Waals surface area contributed by atoms with Gasteiger partial charge in [-0.2, -0.15) is 5.26 Å². The third kappa shape index (κ3) is 5.13. The predicted octanol–water partition coefficient (Wildman–Crippen LogP) is 3.37. The van der Waals surface area contributed by atoms with Crippen molar-refractivity contribution >= 4 is 34.8 Å². The fourth-order valence-corrected chi connectivity index (χ4v) is 2.08. The van der Waals surface area contributed by atoms with Crippen molar-refractivity contribution < 1.29 is 9.59 Å². The zero-order valence-electron chi connectivity index (χ0n) is 12.2. The number of carbonyl (C=O) groups excluding carboxylic acids is 2. The van der Waals surface area contributed by atoms with E-state index in [4.69, 9.17) is 16.9 Å². The van der Waals surface area contributed by atoms with Gasteiger partial charge in [0, 0.05) is 5.02 Å². The van der Waals surface area contributed by atoms with Crippen LogP contribution in [-0.2, 0) is 16.0 Å². The number of nitriles is 1. The average molecular weight is 328 g/mol. The number of carbonyl (C=O) groups is 2. The Morgan fingerprint density at radius 3 is 2.09 bits per heavy atom. The van der Waals surface area contributed by atoms with Crippen molar-refractivity contribution in [2.24, 2.45) is 0 Å². The van der Waals surface area contributed by atoms with Gasteiger partial charge in [-0.05, 0) is 29.8 Å². The maximum Gasteiger partial charge on any atom is 0.238 e. The van der Waals surface area contributed by atoms with Crippen LogP contribution in [0.15, 0.2) is 48.5 Å². The molecule has 6 heteroatoms. The van der Waals surface area contributed by atoms with Crippen molar-refractivity contribution in [3.05, 3.63) is 59.1 Å². The van der Waals surface area contributed by atoms with Gasteiger partial charge in [0.2, 0.25) is 11.8 Å². The highest BCUT2D eigenvalue weighted by Gasteiger charge is 2.09. The fourth-order valence-electron chi connectivity index (χ4n) is 1.95. The molecule has 0 saturated carbocycles. The number of anilines is 2. The van der Waals surface area contributed by atoms with E-state index in [0.29, 0.717) is 16.4 Å². The molecule has 116 valence electrons. The second-order valence-corrected chi connectivity index (χ2v) is 5.22. The maximum absolute atomic E-state index is 12.1. The number of amides is 2. The predicted molar refractivity (Wildman–Crippen MR) is 89.1 cm³/mol. The van der Waals surface area contributed by atoms with Crippen LogP contribution in [0.4, 0.5) is 11.4 Å². The molecule has 0 bridgehead atoms. The highest BCUT2D eigenvalue weighted by Crippen LogP contribution is 2.21. The summed E-state index contributed by atoms with van der Waals surface area (Å²) in [7, 11) is 0. The van der Waals surface area contributed by atoms with Crippen LogP contribution in [0.5, 0.6) is 0 Å². The van der Waals surface area contributed by atoms with Crippen LogP contribution < -0.4 is 10.6 Å². The molecule has 0 spiro atoms. The van der Waals surface area contributed by atoms with Gasteiger partial charge in [0.1, 0.15) is 6.42 Å². The summed E-state index contributed by atoms with van der Waals surface area (Å²) in [6, 6.07) is 15.6. The van der Waals surface area contributed by atoms with E-state index >= 15 is 0 Å². The van der Waals surface area contributed by atoms with Crippen LogP contribution in [-0.4, -0.2) is 11.8 Å². The Bertz CT molecular complexity index is 751. The molecule has 0 fully saturated rings. The minimum absolute atomic E-state index is 0.192. The summed E-state index contributed by atoms with van der Waals surface area (Å²) in [6.07, 6.45) is -0.0509. The van der Waals surface area contributed by atoms with E-state index in [9.17, 15) is 9.59 Å². The van der Waals surface area contributed by atoms with Crippen LogP contribution in [0.2, 0.25) is 5.02 Å². The molecule has 2 aromatic carbocycles. The molecule has 0 radical (unpaired) electrons. The van der Waals surface area contributed by atoms with Gasteiger partial charge in [-0.3, -0.25) is 9.59 Å². The van der Waals surface area contributed by atoms with E-state index < -0.39 is 5.91 Å². The summed E-state index contributed by atoms with van der Waals surface area (Å²) in [5.41, 5.74) is 1.77. The van der Waals surface area contributed by atoms with Gasteiger partial charge in [0.15, 0.2) is 0 Å². The van der Waals surface area contributed by atoms with E-state index in [1.807, 2.05) is 0 Å². The van der Waals surface area contributed by atoms with E-state index in [-0.39, 0.29) is 18.7 Å². The van der Waals surface area contributed by atoms with Gasteiger partial charge in [0.25, 0.3) is 0 Å². The van der Waals surface area contributed by atoms with Gasteiger partial charge in [0.05, 0.1) is 23.9 Å². The summed E-state index contributed by atoms with van der Waals surface area (Å²) in [5.74, 6) is -0.638. The van der Waals surface area contributed by atoms with Gasteiger partial charge < -0.3 is 10.6 Å². The number of rotatable bonds is 5. The summed E-state index contributed by atoms with van der Waals surface area (Å²) in [6.45, 7) is 0. The molecule has 23 heavy (non-hydrogen) atoms. The average Bonchev–Trinajstić information content (AvgIpc) is 2.52. The van der Waals surface area contributed by atoms with Crippen LogP contribution in [0.25, 0.3) is 0 Å². The molecule has 0 aliphatic rings. The molecule has 0 aromatic heterocycles. The maximum atomic E-state index is 12.1. The van der Waals surface area contributed by atoms with Crippen molar-refractivity contribution in [1.29, 1.82) is 5.26 Å². The van der Waals surface area contributed by atoms with Crippen LogP contribution >= 0.6 is 11.6 Å². The molecule has 2 aromatic rings. The first kappa shape index (κ1) is 16.5. The van der Waals surface area contributed by atoms with Crippen molar-refractivity contribution in [3.63, 3.8) is 0 Å². The second-order valence-electron chi connectivity index (χ2n) is 4.78. The summed E-state index contributed by atoms with van der Waals surface area (Å²) < 4.78 is 0. The Morgan fingerprint density at radius 1 is 0.957 bits per heavy atom. The Labute approximate surface area is 138 Å². The molecule has 2 amide bonds. The molecule has 2 N–H and O–H groups in total. The van der Waals surface area contributed by atoms with Gasteiger partial charge in [-0.15, -0.1) is 0 Å². The van der Waals surface area contributed by atoms with Gasteiger partial charge in [-0.1, -0.05) is 35.9 Å². The Morgan fingerprint density at radius 2 is 1.52 bits per heavy atom. The van der Waals surface area contributed by atoms with Crippen LogP contribution in [0, 0.1) is 11.3 Å². The topological polar surface area (TPSA) is 82.0 Å². The van der Waals surface area contributed by atoms with E-state index in [1.165, 1.54) is 0 Å². The lowest BCUT2D eigenvalue weighted by Gasteiger charge is -2.11. The molecule has 0 unspecified atom stereocenters. The number of hydrogen-bond acceptors (Lipinski definition) is 3. The van der Waals surface area contributed by atoms with E-state index in [1.54, 1.807) is 54.6 Å². The zero-order chi connectivity index (χ0) is 16.7. The van der Waals surface area contributed by atoms with Crippen LogP contribution in [0.3, 0.4) is 0 Å². The molecule has 5 nitrogen and oxygen atoms in total. The Balaban J connectivity index is 2.04. The van der Waals surface area contributed by atoms with Crippen molar-refractivity contribution in [2.45, 2.75) is 12.8 Å². The van der Waals surface area contributed by atoms with E-state index in [2.05, 4.69) is 10.6 Å². The van der Waals surface area contributed by atoms with Gasteiger partial charge >= 0.3 is 0 Å². The summed E-state index contributed by atoms with van der Waals surface area (Å²) in [4.78, 5) is 23.6. The smallest absolute Gasteiger partial charge is 0.238 e. The quantitative estimate of drug-likeness (QED) is 0.883. The molecule has 0 aliphatic heterocycles. The first-order chi connectivity index (χ1) is 11.1. The highest BCUT2D eigenvalue weighted by atomic mass is 35.5. The van der Waals surface area contributed by atoms with Crippen molar-refractivity contribution in [3.8, 4) is 6.07 Å². The molecule has 2 rings (SSSR count). The molecule has 0 atom stereocenters. The fraction of sp³-hybridized carbons (Fsp3) is 0.118. The van der Waals surface area contributed by atoms with E-state index in [0.717, 1.165) is 5.56 Å². The number of halogens is 1. The number of hydrogen-bond donors (Lipinski definition) is 2. The normalized spacial score (nSPS) is 9.74. The summed E-state index contributed by atoms with van der Waals surface area (Å²) >= 11 is 5.81. The van der Waals surface area contributed by atoms with Crippen LogP contribution in [0.1, 0.15) is 12.0 Å². The molecule has 0 heterocycles. The molecule has 0 saturated heterocycles. The lowest BCUT2D eigenvalue weighted by atomic mass is 10.1. The van der Waals surface area contributed by atoms with Gasteiger partial charge in [-0.25, -0.2) is 0 Å². The molecular weight excluding hydrogens is 314 g/mol. The Kier molecular flexibility index (Phi) is 5.73. The third-order valence-corrected chi connectivity index (χ3v) is 3.24. The highest BCUT2D eigenvalue weighted by molar-refractivity contribution is 6.30. The minimum Gasteiger partial charge on any atom is -0.324 e. The number of nitrogens with one attached hydrogen (secondary N) is 2. The number of benzene rings is 2. The zero-order valence-corrected chi connectivity index (χ0v) is 12.9.